The fraction of sp³-hybridized carbons (Fsp3) is 0.125. The third-order valence-electron chi connectivity index (χ3n) is 3.08. The molecule has 9 heteroatoms. The summed E-state index contributed by atoms with van der Waals surface area (Å²) < 4.78 is 0. The molecule has 0 saturated carbocycles. The number of nitrogens with one attached hydrogen (secondary N) is 4. The molecule has 0 aliphatic rings. The highest BCUT2D eigenvalue weighted by atomic mass is 16.2. The van der Waals surface area contributed by atoms with E-state index in [1.54, 1.807) is 30.4 Å². The number of H-pyrrole nitrogens is 1. The summed E-state index contributed by atoms with van der Waals surface area (Å²) in [5.74, 6) is -0.526. The number of aromatic amines is 1. The van der Waals surface area contributed by atoms with Gasteiger partial charge in [-0.1, -0.05) is 18.2 Å². The van der Waals surface area contributed by atoms with Gasteiger partial charge in [0.25, 0.3) is 11.8 Å². The molecule has 1 aromatic carbocycles. The summed E-state index contributed by atoms with van der Waals surface area (Å²) in [5, 5.41) is 14.0. The van der Waals surface area contributed by atoms with E-state index in [1.807, 2.05) is 0 Å². The van der Waals surface area contributed by atoms with E-state index in [4.69, 9.17) is 5.73 Å². The van der Waals surface area contributed by atoms with Gasteiger partial charge in [-0.05, 0) is 18.2 Å². The molecule has 1 heterocycles. The number of carbonyl (C=O) groups excluding carboxylic acids is 3. The van der Waals surface area contributed by atoms with Gasteiger partial charge in [0.2, 0.25) is 0 Å². The van der Waals surface area contributed by atoms with Gasteiger partial charge in [-0.3, -0.25) is 14.7 Å². The zero-order valence-electron chi connectivity index (χ0n) is 13.3. The van der Waals surface area contributed by atoms with Crippen LogP contribution >= 0.6 is 0 Å². The summed E-state index contributed by atoms with van der Waals surface area (Å²) in [7, 11) is 0. The molecular formula is C16H18N6O3. The summed E-state index contributed by atoms with van der Waals surface area (Å²) in [6.45, 7) is 0.631. The van der Waals surface area contributed by atoms with E-state index in [-0.39, 0.29) is 11.8 Å². The topological polar surface area (TPSA) is 142 Å². The van der Waals surface area contributed by atoms with Crippen molar-refractivity contribution >= 4 is 23.5 Å². The maximum atomic E-state index is 12.0. The number of urea groups is 1. The number of nitrogens with two attached hydrogens (primary N) is 1. The number of anilines is 1. The van der Waals surface area contributed by atoms with Crippen LogP contribution in [0.15, 0.2) is 48.8 Å². The van der Waals surface area contributed by atoms with Crippen molar-refractivity contribution in [1.29, 1.82) is 0 Å². The van der Waals surface area contributed by atoms with Crippen LogP contribution in [0.1, 0.15) is 20.7 Å². The molecule has 0 bridgehead atoms. The average Bonchev–Trinajstić information content (AvgIpc) is 3.12. The zero-order chi connectivity index (χ0) is 18.1. The van der Waals surface area contributed by atoms with Crippen molar-refractivity contribution in [2.75, 3.05) is 18.4 Å². The van der Waals surface area contributed by atoms with Gasteiger partial charge < -0.3 is 21.7 Å². The molecule has 130 valence electrons. The first-order valence-corrected chi connectivity index (χ1v) is 7.43. The smallest absolute Gasteiger partial charge is 0.316 e. The van der Waals surface area contributed by atoms with E-state index >= 15 is 0 Å². The van der Waals surface area contributed by atoms with Crippen LogP contribution < -0.4 is 21.7 Å². The fourth-order valence-corrected chi connectivity index (χ4v) is 1.93. The molecule has 2 rings (SSSR count). The maximum Gasteiger partial charge on any atom is 0.316 e. The van der Waals surface area contributed by atoms with Crippen molar-refractivity contribution in [2.45, 2.75) is 0 Å². The highest BCUT2D eigenvalue weighted by molar-refractivity contribution is 5.96. The van der Waals surface area contributed by atoms with Crippen LogP contribution in [-0.2, 0) is 0 Å². The number of hydrogen-bond acceptors (Lipinski definition) is 4. The van der Waals surface area contributed by atoms with Crippen LogP contribution in [0.4, 0.5) is 10.5 Å². The van der Waals surface area contributed by atoms with Crippen LogP contribution in [0.2, 0.25) is 0 Å². The third kappa shape index (κ3) is 5.82. The van der Waals surface area contributed by atoms with Crippen molar-refractivity contribution in [3.8, 4) is 0 Å². The third-order valence-corrected chi connectivity index (χ3v) is 3.08. The van der Waals surface area contributed by atoms with Crippen molar-refractivity contribution in [2.24, 2.45) is 5.73 Å². The molecule has 0 aliphatic carbocycles. The summed E-state index contributed by atoms with van der Waals surface area (Å²) in [4.78, 5) is 34.4. The number of amides is 4. The SMILES string of the molecule is NC(=O)Nc1cccc(C(=O)NC/C=C/CNC(=O)c2cn[nH]c2)c1. The molecule has 0 atom stereocenters. The summed E-state index contributed by atoms with van der Waals surface area (Å²) in [5.41, 5.74) is 6.32. The van der Waals surface area contributed by atoms with Gasteiger partial charge in [-0.15, -0.1) is 0 Å². The molecule has 6 N–H and O–H groups in total. The summed E-state index contributed by atoms with van der Waals surface area (Å²) in [6.07, 6.45) is 6.38. The van der Waals surface area contributed by atoms with Crippen molar-refractivity contribution < 1.29 is 14.4 Å². The number of carbonyl (C=O) groups is 3. The second-order valence-corrected chi connectivity index (χ2v) is 4.95. The lowest BCUT2D eigenvalue weighted by atomic mass is 10.2. The van der Waals surface area contributed by atoms with Gasteiger partial charge in [0.1, 0.15) is 0 Å². The Balaban J connectivity index is 1.73. The quantitative estimate of drug-likeness (QED) is 0.470. The Morgan fingerprint density at radius 1 is 1.08 bits per heavy atom. The maximum absolute atomic E-state index is 12.0. The Hall–Kier alpha value is -3.62. The zero-order valence-corrected chi connectivity index (χ0v) is 13.3. The lowest BCUT2D eigenvalue weighted by Gasteiger charge is -2.05. The molecule has 4 amide bonds. The molecule has 2 aromatic rings. The number of hydrogen-bond donors (Lipinski definition) is 5. The van der Waals surface area contributed by atoms with E-state index in [0.717, 1.165) is 0 Å². The second kappa shape index (κ2) is 8.87. The molecule has 25 heavy (non-hydrogen) atoms. The predicted molar refractivity (Wildman–Crippen MR) is 92.0 cm³/mol. The predicted octanol–water partition coefficient (Wildman–Crippen LogP) is 0.616. The van der Waals surface area contributed by atoms with Crippen molar-refractivity contribution in [3.05, 3.63) is 59.9 Å². The van der Waals surface area contributed by atoms with Crippen LogP contribution in [-0.4, -0.2) is 41.1 Å². The molecule has 0 unspecified atom stereocenters. The second-order valence-electron chi connectivity index (χ2n) is 4.95. The Kier molecular flexibility index (Phi) is 6.29. The first-order valence-electron chi connectivity index (χ1n) is 7.43. The lowest BCUT2D eigenvalue weighted by Crippen LogP contribution is -2.25. The molecular weight excluding hydrogens is 324 g/mol. The average molecular weight is 342 g/mol. The monoisotopic (exact) mass is 342 g/mol. The van der Waals surface area contributed by atoms with E-state index < -0.39 is 6.03 Å². The van der Waals surface area contributed by atoms with Gasteiger partial charge in [0, 0.05) is 30.5 Å². The van der Waals surface area contributed by atoms with Crippen LogP contribution in [0.3, 0.4) is 0 Å². The minimum atomic E-state index is -0.696. The van der Waals surface area contributed by atoms with Crippen LogP contribution in [0.25, 0.3) is 0 Å². The number of benzene rings is 1. The molecule has 0 aliphatic heterocycles. The van der Waals surface area contributed by atoms with Gasteiger partial charge >= 0.3 is 6.03 Å². The van der Waals surface area contributed by atoms with Crippen molar-refractivity contribution in [3.63, 3.8) is 0 Å². The Morgan fingerprint density at radius 2 is 1.76 bits per heavy atom. The Morgan fingerprint density at radius 3 is 2.36 bits per heavy atom. The molecule has 9 nitrogen and oxygen atoms in total. The Labute approximate surface area is 143 Å². The van der Waals surface area contributed by atoms with E-state index in [9.17, 15) is 14.4 Å². The normalized spacial score (nSPS) is 10.4. The van der Waals surface area contributed by atoms with E-state index in [1.165, 1.54) is 18.5 Å². The standard InChI is InChI=1S/C16H18N6O3/c17-16(25)22-13-5-3-4-11(8-13)14(23)18-6-1-2-7-19-15(24)12-9-20-21-10-12/h1-5,8-10H,6-7H2,(H,18,23)(H,19,24)(H,20,21)(H3,17,22,25)/b2-1+. The highest BCUT2D eigenvalue weighted by Gasteiger charge is 2.06. The molecule has 0 saturated heterocycles. The largest absolute Gasteiger partial charge is 0.351 e. The molecule has 0 fully saturated rings. The van der Waals surface area contributed by atoms with Gasteiger partial charge in [-0.2, -0.15) is 5.10 Å². The van der Waals surface area contributed by atoms with Crippen molar-refractivity contribution in [1.82, 2.24) is 20.8 Å². The first-order chi connectivity index (χ1) is 12.1. The summed E-state index contributed by atoms with van der Waals surface area (Å²) >= 11 is 0. The Bertz CT molecular complexity index is 770. The summed E-state index contributed by atoms with van der Waals surface area (Å²) in [6, 6.07) is 5.72. The molecule has 1 aromatic heterocycles. The first kappa shape index (κ1) is 17.7. The van der Waals surface area contributed by atoms with Crippen LogP contribution in [0.5, 0.6) is 0 Å². The van der Waals surface area contributed by atoms with Gasteiger partial charge in [0.05, 0.1) is 11.8 Å². The van der Waals surface area contributed by atoms with E-state index in [2.05, 4.69) is 26.1 Å². The fourth-order valence-electron chi connectivity index (χ4n) is 1.93. The number of nitrogens with zero attached hydrogens (tertiary/aromatic N) is 1. The minimum absolute atomic E-state index is 0.235. The number of primary amides is 1. The molecule has 0 radical (unpaired) electrons. The van der Waals surface area contributed by atoms with Gasteiger partial charge in [0.15, 0.2) is 0 Å². The van der Waals surface area contributed by atoms with Crippen LogP contribution in [0, 0.1) is 0 Å². The minimum Gasteiger partial charge on any atom is -0.351 e. The van der Waals surface area contributed by atoms with E-state index in [0.29, 0.717) is 29.9 Å². The van der Waals surface area contributed by atoms with Gasteiger partial charge in [-0.25, -0.2) is 4.79 Å². The number of aromatic nitrogens is 2. The number of rotatable bonds is 7. The highest BCUT2D eigenvalue weighted by Crippen LogP contribution is 2.10. The molecule has 0 spiro atoms. The lowest BCUT2D eigenvalue weighted by molar-refractivity contribution is 0.0948.